The standard InChI is InChI=1S/C26H18ClFN4O3/c27-20-12-18(5-9-24(20)35-13-15-2-1-3-17(28)10-15)31-25-19-11-16(4-6-22(19)29-14-30-25)21-7-8-23(32-21)26(33)34/h1-12,14,32H,13H2,(H,33,34)(H,29,30,31). The zero-order valence-corrected chi connectivity index (χ0v) is 18.9. The lowest BCUT2D eigenvalue weighted by Crippen LogP contribution is -1.99. The van der Waals surface area contributed by atoms with E-state index in [1.165, 1.54) is 24.5 Å². The number of halogens is 2. The first-order chi connectivity index (χ1) is 17.0. The molecule has 0 aliphatic carbocycles. The van der Waals surface area contributed by atoms with Gasteiger partial charge in [-0.2, -0.15) is 0 Å². The van der Waals surface area contributed by atoms with E-state index in [2.05, 4.69) is 20.3 Å². The second-order valence-electron chi connectivity index (χ2n) is 7.73. The van der Waals surface area contributed by atoms with E-state index in [9.17, 15) is 14.3 Å². The molecule has 0 fully saturated rings. The van der Waals surface area contributed by atoms with Gasteiger partial charge in [0.25, 0.3) is 0 Å². The molecule has 0 radical (unpaired) electrons. The van der Waals surface area contributed by atoms with Crippen LogP contribution >= 0.6 is 11.6 Å². The molecule has 9 heteroatoms. The maximum Gasteiger partial charge on any atom is 0.352 e. The van der Waals surface area contributed by atoms with Gasteiger partial charge in [0, 0.05) is 16.8 Å². The molecule has 5 rings (SSSR count). The van der Waals surface area contributed by atoms with E-state index in [-0.39, 0.29) is 18.1 Å². The van der Waals surface area contributed by atoms with Gasteiger partial charge in [-0.15, -0.1) is 0 Å². The number of hydrogen-bond donors (Lipinski definition) is 3. The van der Waals surface area contributed by atoms with Crippen molar-refractivity contribution in [3.05, 3.63) is 101 Å². The Bertz CT molecular complexity index is 1550. The molecule has 0 aliphatic heterocycles. The zero-order chi connectivity index (χ0) is 24.4. The number of H-pyrrole nitrogens is 1. The quantitative estimate of drug-likeness (QED) is 0.244. The summed E-state index contributed by atoms with van der Waals surface area (Å²) >= 11 is 6.42. The van der Waals surface area contributed by atoms with Crippen molar-refractivity contribution in [2.45, 2.75) is 6.61 Å². The van der Waals surface area contributed by atoms with Crippen molar-refractivity contribution in [1.82, 2.24) is 15.0 Å². The fraction of sp³-hybridized carbons (Fsp3) is 0.0385. The molecular weight excluding hydrogens is 471 g/mol. The van der Waals surface area contributed by atoms with Crippen LogP contribution in [-0.2, 0) is 6.61 Å². The average molecular weight is 489 g/mol. The molecule has 0 saturated carbocycles. The number of aromatic amines is 1. The SMILES string of the molecule is O=C(O)c1ccc(-c2ccc3ncnc(Nc4ccc(OCc5cccc(F)c5)c(Cl)c4)c3c2)[nH]1. The van der Waals surface area contributed by atoms with E-state index in [0.717, 1.165) is 16.5 Å². The topological polar surface area (TPSA) is 100 Å². The van der Waals surface area contributed by atoms with Crippen LogP contribution in [0.2, 0.25) is 5.02 Å². The summed E-state index contributed by atoms with van der Waals surface area (Å²) in [6.07, 6.45) is 1.46. The summed E-state index contributed by atoms with van der Waals surface area (Å²) in [4.78, 5) is 22.8. The van der Waals surface area contributed by atoms with E-state index in [1.54, 1.807) is 36.4 Å². The van der Waals surface area contributed by atoms with E-state index < -0.39 is 5.97 Å². The van der Waals surface area contributed by atoms with E-state index in [0.29, 0.717) is 33.5 Å². The normalized spacial score (nSPS) is 10.9. The van der Waals surface area contributed by atoms with Crippen LogP contribution in [-0.4, -0.2) is 26.0 Å². The number of rotatable bonds is 7. The molecule has 0 atom stereocenters. The minimum Gasteiger partial charge on any atom is -0.487 e. The van der Waals surface area contributed by atoms with Crippen molar-refractivity contribution in [1.29, 1.82) is 0 Å². The number of aromatic nitrogens is 3. The lowest BCUT2D eigenvalue weighted by Gasteiger charge is -2.12. The third kappa shape index (κ3) is 4.92. The number of carboxylic acid groups (broad SMARTS) is 1. The summed E-state index contributed by atoms with van der Waals surface area (Å²) in [6.45, 7) is 0.186. The van der Waals surface area contributed by atoms with Gasteiger partial charge in [0.2, 0.25) is 0 Å². The number of ether oxygens (including phenoxy) is 1. The van der Waals surface area contributed by atoms with Crippen LogP contribution in [0.15, 0.2) is 79.1 Å². The summed E-state index contributed by atoms with van der Waals surface area (Å²) in [5, 5.41) is 13.6. The van der Waals surface area contributed by atoms with E-state index in [1.807, 2.05) is 18.2 Å². The molecule has 5 aromatic rings. The van der Waals surface area contributed by atoms with Gasteiger partial charge in [0.1, 0.15) is 36.0 Å². The minimum atomic E-state index is -1.03. The zero-order valence-electron chi connectivity index (χ0n) is 18.1. The van der Waals surface area contributed by atoms with Gasteiger partial charge < -0.3 is 20.1 Å². The lowest BCUT2D eigenvalue weighted by atomic mass is 10.1. The molecule has 0 spiro atoms. The highest BCUT2D eigenvalue weighted by Crippen LogP contribution is 2.32. The van der Waals surface area contributed by atoms with Gasteiger partial charge in [0.15, 0.2) is 0 Å². The monoisotopic (exact) mass is 488 g/mol. The maximum atomic E-state index is 13.4. The number of carbonyl (C=O) groups is 1. The largest absolute Gasteiger partial charge is 0.487 e. The van der Waals surface area contributed by atoms with Gasteiger partial charge in [-0.25, -0.2) is 19.2 Å². The Labute approximate surface area is 204 Å². The van der Waals surface area contributed by atoms with Crippen LogP contribution in [0.1, 0.15) is 16.1 Å². The highest BCUT2D eigenvalue weighted by Gasteiger charge is 2.11. The number of benzene rings is 3. The van der Waals surface area contributed by atoms with Crippen LogP contribution < -0.4 is 10.1 Å². The highest BCUT2D eigenvalue weighted by molar-refractivity contribution is 6.32. The van der Waals surface area contributed by atoms with Crippen molar-refractivity contribution >= 4 is 40.0 Å². The number of nitrogens with one attached hydrogen (secondary N) is 2. The summed E-state index contributed by atoms with van der Waals surface area (Å²) in [7, 11) is 0. The Morgan fingerprint density at radius 1 is 1.06 bits per heavy atom. The molecule has 35 heavy (non-hydrogen) atoms. The molecule has 2 aromatic heterocycles. The Hall–Kier alpha value is -4.43. The number of hydrogen-bond acceptors (Lipinski definition) is 5. The second kappa shape index (κ2) is 9.44. The predicted molar refractivity (Wildman–Crippen MR) is 132 cm³/mol. The van der Waals surface area contributed by atoms with Gasteiger partial charge >= 0.3 is 5.97 Å². The third-order valence-electron chi connectivity index (χ3n) is 5.34. The number of nitrogens with zero attached hydrogens (tertiary/aromatic N) is 2. The third-order valence-corrected chi connectivity index (χ3v) is 5.64. The van der Waals surface area contributed by atoms with Crippen molar-refractivity contribution < 1.29 is 19.0 Å². The molecular formula is C26H18ClFN4O3. The molecule has 2 heterocycles. The number of carboxylic acids is 1. The average Bonchev–Trinajstić information content (AvgIpc) is 3.35. The molecule has 7 nitrogen and oxygen atoms in total. The summed E-state index contributed by atoms with van der Waals surface area (Å²) in [5.74, 6) is -0.317. The Balaban J connectivity index is 1.38. The number of anilines is 2. The fourth-order valence-corrected chi connectivity index (χ4v) is 3.87. The lowest BCUT2D eigenvalue weighted by molar-refractivity contribution is 0.0691. The van der Waals surface area contributed by atoms with Crippen molar-refractivity contribution in [2.24, 2.45) is 0 Å². The minimum absolute atomic E-state index is 0.108. The molecule has 174 valence electrons. The number of fused-ring (bicyclic) bond motifs is 1. The van der Waals surface area contributed by atoms with Crippen LogP contribution in [0.25, 0.3) is 22.2 Å². The molecule has 0 bridgehead atoms. The maximum absolute atomic E-state index is 13.4. The Morgan fingerprint density at radius 2 is 1.94 bits per heavy atom. The van der Waals surface area contributed by atoms with Gasteiger partial charge in [-0.3, -0.25) is 0 Å². The Kier molecular flexibility index (Phi) is 6.03. The van der Waals surface area contributed by atoms with Crippen LogP contribution in [0.4, 0.5) is 15.9 Å². The first kappa shape index (κ1) is 22.4. The van der Waals surface area contributed by atoms with Gasteiger partial charge in [-0.05, 0) is 65.7 Å². The summed E-state index contributed by atoms with van der Waals surface area (Å²) in [6, 6.07) is 20.2. The molecule has 0 aliphatic rings. The van der Waals surface area contributed by atoms with Crippen LogP contribution in [0.5, 0.6) is 5.75 Å². The van der Waals surface area contributed by atoms with Crippen molar-refractivity contribution in [2.75, 3.05) is 5.32 Å². The van der Waals surface area contributed by atoms with Crippen LogP contribution in [0, 0.1) is 5.82 Å². The van der Waals surface area contributed by atoms with Crippen molar-refractivity contribution in [3.8, 4) is 17.0 Å². The predicted octanol–water partition coefficient (Wildman–Crippen LogP) is 6.44. The highest BCUT2D eigenvalue weighted by atomic mass is 35.5. The molecule has 0 unspecified atom stereocenters. The fourth-order valence-electron chi connectivity index (χ4n) is 3.63. The van der Waals surface area contributed by atoms with Crippen molar-refractivity contribution in [3.63, 3.8) is 0 Å². The smallest absolute Gasteiger partial charge is 0.352 e. The molecule has 3 aromatic carbocycles. The Morgan fingerprint density at radius 3 is 2.71 bits per heavy atom. The molecule has 0 saturated heterocycles. The molecule has 0 amide bonds. The summed E-state index contributed by atoms with van der Waals surface area (Å²) < 4.78 is 19.1. The van der Waals surface area contributed by atoms with E-state index in [4.69, 9.17) is 16.3 Å². The number of aromatic carboxylic acids is 1. The van der Waals surface area contributed by atoms with Gasteiger partial charge in [0.05, 0.1) is 10.5 Å². The summed E-state index contributed by atoms with van der Waals surface area (Å²) in [5.41, 5.74) is 3.68. The van der Waals surface area contributed by atoms with Crippen LogP contribution in [0.3, 0.4) is 0 Å². The first-order valence-corrected chi connectivity index (χ1v) is 11.0. The second-order valence-corrected chi connectivity index (χ2v) is 8.14. The first-order valence-electron chi connectivity index (χ1n) is 10.6. The van der Waals surface area contributed by atoms with Gasteiger partial charge in [-0.1, -0.05) is 29.8 Å². The molecule has 3 N–H and O–H groups in total. The van der Waals surface area contributed by atoms with E-state index >= 15 is 0 Å².